The van der Waals surface area contributed by atoms with Gasteiger partial charge in [0.2, 0.25) is 11.6 Å². The first-order valence-corrected chi connectivity index (χ1v) is 18.6. The molecule has 0 spiro atoms. The quantitative estimate of drug-likeness (QED) is 0.163. The predicted octanol–water partition coefficient (Wildman–Crippen LogP) is 7.46. The van der Waals surface area contributed by atoms with Crippen molar-refractivity contribution in [2.24, 2.45) is 5.92 Å². The van der Waals surface area contributed by atoms with E-state index in [1.54, 1.807) is 24.4 Å². The van der Waals surface area contributed by atoms with Gasteiger partial charge in [0.05, 0.1) is 17.4 Å². The second kappa shape index (κ2) is 15.3. The highest BCUT2D eigenvalue weighted by atomic mass is 19.3. The van der Waals surface area contributed by atoms with Crippen molar-refractivity contribution in [3.8, 4) is 5.75 Å². The van der Waals surface area contributed by atoms with Gasteiger partial charge in [-0.15, -0.1) is 0 Å². The number of piperidine rings is 2. The number of ether oxygens (including phenoxy) is 1. The van der Waals surface area contributed by atoms with Crippen LogP contribution in [-0.2, 0) is 15.3 Å². The van der Waals surface area contributed by atoms with E-state index in [1.165, 1.54) is 18.2 Å². The van der Waals surface area contributed by atoms with E-state index in [9.17, 15) is 23.2 Å². The third kappa shape index (κ3) is 8.09. The monoisotopic (exact) mass is 730 g/mol. The molecule has 4 aromatic rings. The van der Waals surface area contributed by atoms with Gasteiger partial charge in [-0.2, -0.15) is 0 Å². The number of anilines is 1. The van der Waals surface area contributed by atoms with E-state index in [-0.39, 0.29) is 30.3 Å². The van der Waals surface area contributed by atoms with Crippen LogP contribution in [0, 0.1) is 5.92 Å². The maximum Gasteiger partial charge on any atom is 0.280 e. The first kappa shape index (κ1) is 36.6. The van der Waals surface area contributed by atoms with E-state index in [2.05, 4.69) is 20.5 Å². The van der Waals surface area contributed by atoms with Gasteiger partial charge in [-0.3, -0.25) is 19.7 Å². The number of hydrogen-bond acceptors (Lipinski definition) is 7. The van der Waals surface area contributed by atoms with Crippen molar-refractivity contribution in [3.05, 3.63) is 89.0 Å². The lowest BCUT2D eigenvalue weighted by Gasteiger charge is -2.36. The molecule has 7 rings (SSSR count). The molecular formula is C40H45F3N6O4. The van der Waals surface area contributed by atoms with Crippen LogP contribution in [0.3, 0.4) is 0 Å². The smallest absolute Gasteiger partial charge is 0.280 e. The number of imidazole rings is 1. The van der Waals surface area contributed by atoms with Crippen molar-refractivity contribution >= 4 is 29.2 Å². The summed E-state index contributed by atoms with van der Waals surface area (Å²) in [5.74, 6) is -0.138. The van der Waals surface area contributed by atoms with Gasteiger partial charge >= 0.3 is 0 Å². The average Bonchev–Trinajstić information content (AvgIpc) is 3.56. The molecule has 2 aliphatic heterocycles. The molecule has 3 aliphatic rings. The summed E-state index contributed by atoms with van der Waals surface area (Å²) < 4.78 is 49.6. The average molecular weight is 731 g/mol. The molecule has 1 aliphatic carbocycles. The molecule has 2 saturated heterocycles. The number of halogens is 3. The summed E-state index contributed by atoms with van der Waals surface area (Å²) in [6, 6.07) is 13.1. The van der Waals surface area contributed by atoms with Gasteiger partial charge in [-0.25, -0.2) is 23.1 Å². The number of pyridine rings is 2. The molecule has 10 nitrogen and oxygen atoms in total. The van der Waals surface area contributed by atoms with E-state index >= 15 is 4.39 Å². The number of carbonyl (C=O) groups excluding carboxylic acids is 3. The standard InChI is InChI=1S/C40H45F3N6O4/c1-24(2)53-33-20-35-45-32(23-49(35)22-30(33)38(51)46-34-5-3-4-31(44-34)37(41)42)28-8-6-25(7-9-28)21-48-18-15-27(16-19-48)26-10-12-29(13-11-26)40(43)17-14-36(50)47-39(40)52/h3-5,10-13,20,22-25,27-28,37H,6-9,14-19,21H2,1-2H3,(H,44,46,51)(H,47,50,52)/t25-,28-,40?. The van der Waals surface area contributed by atoms with Gasteiger partial charge in [0.15, 0.2) is 0 Å². The molecule has 13 heteroatoms. The van der Waals surface area contributed by atoms with Crippen LogP contribution in [0.1, 0.15) is 116 Å². The summed E-state index contributed by atoms with van der Waals surface area (Å²) in [5.41, 5.74) is 0.783. The molecule has 5 heterocycles. The molecular weight excluding hydrogens is 685 g/mol. The largest absolute Gasteiger partial charge is 0.490 e. The fraction of sp³-hybridized carbons (Fsp3) is 0.475. The molecule has 1 saturated carbocycles. The van der Waals surface area contributed by atoms with Crippen LogP contribution in [-0.4, -0.2) is 62.7 Å². The van der Waals surface area contributed by atoms with Gasteiger partial charge in [0.1, 0.15) is 22.9 Å². The fourth-order valence-electron chi connectivity index (χ4n) is 8.02. The van der Waals surface area contributed by atoms with E-state index in [4.69, 9.17) is 9.72 Å². The number of likely N-dealkylation sites (tertiary alicyclic amines) is 1. The maximum atomic E-state index is 15.5. The highest BCUT2D eigenvalue weighted by Crippen LogP contribution is 2.39. The zero-order chi connectivity index (χ0) is 37.3. The number of alkyl halides is 3. The van der Waals surface area contributed by atoms with E-state index in [1.807, 2.05) is 36.6 Å². The molecule has 0 radical (unpaired) electrons. The summed E-state index contributed by atoms with van der Waals surface area (Å²) in [5, 5.41) is 4.76. The number of nitrogens with zero attached hydrogens (tertiary/aromatic N) is 4. The van der Waals surface area contributed by atoms with Gasteiger partial charge < -0.3 is 19.4 Å². The third-order valence-electron chi connectivity index (χ3n) is 10.9. The minimum Gasteiger partial charge on any atom is -0.490 e. The molecule has 1 aromatic carbocycles. The van der Waals surface area contributed by atoms with Crippen molar-refractivity contribution in [1.82, 2.24) is 24.6 Å². The molecule has 1 unspecified atom stereocenters. The Morgan fingerprint density at radius 3 is 2.40 bits per heavy atom. The number of rotatable bonds is 10. The third-order valence-corrected chi connectivity index (χ3v) is 10.9. The molecule has 3 aromatic heterocycles. The topological polar surface area (TPSA) is 118 Å². The zero-order valence-electron chi connectivity index (χ0n) is 30.0. The van der Waals surface area contributed by atoms with Crippen molar-refractivity contribution in [1.29, 1.82) is 0 Å². The second-order valence-corrected chi connectivity index (χ2v) is 14.9. The summed E-state index contributed by atoms with van der Waals surface area (Å²) in [4.78, 5) is 48.4. The number of fused-ring (bicyclic) bond motifs is 1. The lowest BCUT2D eigenvalue weighted by Crippen LogP contribution is -2.49. The minimum atomic E-state index is -2.75. The lowest BCUT2D eigenvalue weighted by atomic mass is 9.80. The molecule has 2 N–H and O–H groups in total. The van der Waals surface area contributed by atoms with Crippen molar-refractivity contribution < 1.29 is 32.3 Å². The number of imide groups is 1. The number of nitrogens with one attached hydrogen (secondary N) is 2. The van der Waals surface area contributed by atoms with Crippen LogP contribution < -0.4 is 15.4 Å². The highest BCUT2D eigenvalue weighted by Gasteiger charge is 2.44. The summed E-state index contributed by atoms with van der Waals surface area (Å²) in [7, 11) is 0. The Morgan fingerprint density at radius 2 is 1.72 bits per heavy atom. The number of amides is 3. The van der Waals surface area contributed by atoms with Crippen LogP contribution >= 0.6 is 0 Å². The molecule has 280 valence electrons. The van der Waals surface area contributed by atoms with Crippen molar-refractivity contribution in [2.75, 3.05) is 25.0 Å². The predicted molar refractivity (Wildman–Crippen MR) is 193 cm³/mol. The minimum absolute atomic E-state index is 0.00582. The number of carbonyl (C=O) groups is 3. The van der Waals surface area contributed by atoms with Gasteiger partial charge in [0, 0.05) is 43.8 Å². The Kier molecular flexibility index (Phi) is 10.6. The van der Waals surface area contributed by atoms with E-state index in [0.717, 1.165) is 69.4 Å². The van der Waals surface area contributed by atoms with Crippen LogP contribution in [0.5, 0.6) is 5.75 Å². The fourth-order valence-corrected chi connectivity index (χ4v) is 8.02. The Balaban J connectivity index is 0.930. The van der Waals surface area contributed by atoms with Crippen LogP contribution in [0.25, 0.3) is 5.65 Å². The first-order valence-electron chi connectivity index (χ1n) is 18.6. The van der Waals surface area contributed by atoms with Gasteiger partial charge in [-0.05, 0) is 101 Å². The summed E-state index contributed by atoms with van der Waals surface area (Å²) >= 11 is 0. The SMILES string of the molecule is CC(C)Oc1cc2nc([C@H]3CC[C@H](CN4CCC(c5ccc(C6(F)CCC(=O)NC6=O)cc5)CC4)CC3)cn2cc1C(=O)Nc1cccc(C(F)F)n1. The normalized spacial score (nSPS) is 23.1. The summed E-state index contributed by atoms with van der Waals surface area (Å²) in [6.07, 6.45) is 6.85. The molecule has 3 fully saturated rings. The Labute approximate surface area is 306 Å². The Morgan fingerprint density at radius 1 is 0.981 bits per heavy atom. The van der Waals surface area contributed by atoms with Gasteiger partial charge in [-0.1, -0.05) is 30.3 Å². The molecule has 0 bridgehead atoms. The molecule has 1 atom stereocenters. The lowest BCUT2D eigenvalue weighted by molar-refractivity contribution is -0.144. The Hall–Kier alpha value is -4.78. The maximum absolute atomic E-state index is 15.5. The van der Waals surface area contributed by atoms with Crippen molar-refractivity contribution in [3.63, 3.8) is 0 Å². The summed E-state index contributed by atoms with van der Waals surface area (Å²) in [6.45, 7) is 6.79. The zero-order valence-corrected chi connectivity index (χ0v) is 30.0. The molecule has 3 amide bonds. The van der Waals surface area contributed by atoms with Crippen LogP contribution in [0.4, 0.5) is 19.0 Å². The highest BCUT2D eigenvalue weighted by molar-refractivity contribution is 6.06. The van der Waals surface area contributed by atoms with E-state index < -0.39 is 35.5 Å². The Bertz CT molecular complexity index is 1970. The van der Waals surface area contributed by atoms with Crippen LogP contribution in [0.2, 0.25) is 0 Å². The van der Waals surface area contributed by atoms with Crippen molar-refractivity contribution in [2.45, 2.75) is 95.2 Å². The van der Waals surface area contributed by atoms with Crippen LogP contribution in [0.15, 0.2) is 60.9 Å². The molecule has 53 heavy (non-hydrogen) atoms. The van der Waals surface area contributed by atoms with Gasteiger partial charge in [0.25, 0.3) is 18.2 Å². The first-order chi connectivity index (χ1) is 25.4. The van der Waals surface area contributed by atoms with E-state index in [0.29, 0.717) is 34.7 Å². The number of hydrogen-bond donors (Lipinski definition) is 2. The number of aromatic nitrogens is 3. The number of benzene rings is 1. The second-order valence-electron chi connectivity index (χ2n) is 14.9.